The highest BCUT2D eigenvalue weighted by molar-refractivity contribution is 6.24. The first kappa shape index (κ1) is 13.7. The normalized spacial score (nSPS) is 48.3. The van der Waals surface area contributed by atoms with Crippen LogP contribution in [0.2, 0.25) is 0 Å². The molecule has 10 nitrogen and oxygen atoms in total. The summed E-state index contributed by atoms with van der Waals surface area (Å²) in [6.07, 6.45) is 3.09. The van der Waals surface area contributed by atoms with Crippen LogP contribution in [-0.2, 0) is 4.74 Å². The van der Waals surface area contributed by atoms with Crippen LogP contribution in [0.3, 0.4) is 0 Å². The number of nitrogens with two attached hydrogens (primary N) is 1. The van der Waals surface area contributed by atoms with Crippen LogP contribution < -0.4 is 5.73 Å². The zero-order valence-electron chi connectivity index (χ0n) is 11.3. The van der Waals surface area contributed by atoms with Crippen molar-refractivity contribution in [1.29, 1.82) is 5.41 Å². The zero-order valence-corrected chi connectivity index (χ0v) is 11.3. The summed E-state index contributed by atoms with van der Waals surface area (Å²) in [5.74, 6) is -0.0437. The van der Waals surface area contributed by atoms with Gasteiger partial charge in [0.25, 0.3) is 0 Å². The van der Waals surface area contributed by atoms with E-state index < -0.39 is 35.8 Å². The standard InChI is InChI=1S/C12H14N6O4/c13-8-12(14)9(16-4-15-8)18(5-17-12)11-2-1-10(11,21)7(20)6(3-19)22-11/h1-2,4-7,13,19-21H,3,14H2/t6-,7-,10-,11-,12?/m1/s1. The number of amidine groups is 2. The van der Waals surface area contributed by atoms with Crippen LogP contribution in [0.15, 0.2) is 27.1 Å². The van der Waals surface area contributed by atoms with Gasteiger partial charge in [0, 0.05) is 0 Å². The zero-order chi connectivity index (χ0) is 15.8. The maximum atomic E-state index is 10.7. The molecule has 116 valence electrons. The van der Waals surface area contributed by atoms with Gasteiger partial charge in [-0.05, 0) is 12.2 Å². The predicted octanol–water partition coefficient (Wildman–Crippen LogP) is -2.85. The van der Waals surface area contributed by atoms with Crippen molar-refractivity contribution < 1.29 is 20.1 Å². The van der Waals surface area contributed by atoms with Crippen LogP contribution in [0.4, 0.5) is 0 Å². The molecule has 0 aromatic rings. The van der Waals surface area contributed by atoms with E-state index in [1.54, 1.807) is 0 Å². The van der Waals surface area contributed by atoms with Crippen molar-refractivity contribution in [2.45, 2.75) is 29.2 Å². The van der Waals surface area contributed by atoms with E-state index in [4.69, 9.17) is 15.9 Å². The summed E-state index contributed by atoms with van der Waals surface area (Å²) in [5, 5.41) is 38.0. The first-order chi connectivity index (χ1) is 10.4. The monoisotopic (exact) mass is 306 g/mol. The minimum absolute atomic E-state index is 0.154. The van der Waals surface area contributed by atoms with Gasteiger partial charge < -0.3 is 20.1 Å². The molecule has 1 saturated heterocycles. The summed E-state index contributed by atoms with van der Waals surface area (Å²) in [6, 6.07) is 0. The molecule has 5 atom stereocenters. The number of hydrogen-bond acceptors (Lipinski definition) is 9. The van der Waals surface area contributed by atoms with E-state index >= 15 is 0 Å². The van der Waals surface area contributed by atoms with Gasteiger partial charge in [0.05, 0.1) is 12.9 Å². The van der Waals surface area contributed by atoms with Crippen molar-refractivity contribution in [1.82, 2.24) is 4.90 Å². The summed E-state index contributed by atoms with van der Waals surface area (Å²) in [7, 11) is 0. The van der Waals surface area contributed by atoms with E-state index in [1.807, 2.05) is 0 Å². The van der Waals surface area contributed by atoms with Crippen LogP contribution in [0.1, 0.15) is 0 Å². The van der Waals surface area contributed by atoms with E-state index in [2.05, 4.69) is 15.0 Å². The Balaban J connectivity index is 1.80. The number of aliphatic hydroxyl groups excluding tert-OH is 2. The molecule has 3 heterocycles. The van der Waals surface area contributed by atoms with Gasteiger partial charge in [-0.1, -0.05) is 0 Å². The summed E-state index contributed by atoms with van der Waals surface area (Å²) >= 11 is 0. The molecule has 6 N–H and O–H groups in total. The smallest absolute Gasteiger partial charge is 0.228 e. The minimum Gasteiger partial charge on any atom is -0.394 e. The molecule has 0 radical (unpaired) electrons. The molecular weight excluding hydrogens is 292 g/mol. The molecule has 0 spiro atoms. The second-order valence-corrected chi connectivity index (χ2v) is 5.57. The Hall–Kier alpha value is -1.98. The fraction of sp³-hybridized carbons (Fsp3) is 0.500. The molecule has 0 aromatic carbocycles. The SMILES string of the molecule is N=C1N=CN=C2N([C@@]34C=C[C@@]3(O)[C@H](O)[C@@H](CO)O4)C=NC12N. The maximum absolute atomic E-state index is 10.7. The quantitative estimate of drug-likeness (QED) is 0.345. The maximum Gasteiger partial charge on any atom is 0.228 e. The Kier molecular flexibility index (Phi) is 2.40. The summed E-state index contributed by atoms with van der Waals surface area (Å²) in [6.45, 7) is -0.463. The third kappa shape index (κ3) is 1.23. The van der Waals surface area contributed by atoms with Gasteiger partial charge in [0.2, 0.25) is 11.4 Å². The Bertz CT molecular complexity index is 689. The lowest BCUT2D eigenvalue weighted by molar-refractivity contribution is -0.153. The van der Waals surface area contributed by atoms with Gasteiger partial charge in [0.1, 0.15) is 18.5 Å². The van der Waals surface area contributed by atoms with E-state index in [9.17, 15) is 15.3 Å². The van der Waals surface area contributed by atoms with Crippen LogP contribution >= 0.6 is 0 Å². The molecule has 4 rings (SSSR count). The molecule has 0 aromatic heterocycles. The highest BCUT2D eigenvalue weighted by atomic mass is 16.6. The Morgan fingerprint density at radius 3 is 2.86 bits per heavy atom. The fourth-order valence-corrected chi connectivity index (χ4v) is 3.14. The van der Waals surface area contributed by atoms with E-state index in [0.29, 0.717) is 0 Å². The van der Waals surface area contributed by atoms with Gasteiger partial charge in [-0.15, -0.1) is 0 Å². The molecule has 10 heteroatoms. The van der Waals surface area contributed by atoms with Gasteiger partial charge >= 0.3 is 0 Å². The summed E-state index contributed by atoms with van der Waals surface area (Å²) in [4.78, 5) is 13.2. The van der Waals surface area contributed by atoms with Crippen LogP contribution in [0.25, 0.3) is 0 Å². The van der Waals surface area contributed by atoms with Gasteiger partial charge in [-0.25, -0.2) is 15.0 Å². The second-order valence-electron chi connectivity index (χ2n) is 5.57. The first-order valence-corrected chi connectivity index (χ1v) is 6.62. The van der Waals surface area contributed by atoms with Crippen LogP contribution in [-0.4, -0.2) is 80.4 Å². The average Bonchev–Trinajstić information content (AvgIpc) is 2.91. The van der Waals surface area contributed by atoms with Gasteiger partial charge in [0.15, 0.2) is 17.3 Å². The molecule has 0 bridgehead atoms. The summed E-state index contributed by atoms with van der Waals surface area (Å²) < 4.78 is 5.67. The van der Waals surface area contributed by atoms with Gasteiger partial charge in [-0.3, -0.25) is 16.0 Å². The topological polar surface area (TPSA) is 160 Å². The first-order valence-electron chi connectivity index (χ1n) is 6.62. The largest absolute Gasteiger partial charge is 0.394 e. The van der Waals surface area contributed by atoms with Crippen LogP contribution in [0, 0.1) is 5.41 Å². The Labute approximate surface area is 124 Å². The van der Waals surface area contributed by atoms with Crippen molar-refractivity contribution in [2.24, 2.45) is 20.7 Å². The van der Waals surface area contributed by atoms with E-state index in [1.165, 1.54) is 23.4 Å². The molecule has 1 unspecified atom stereocenters. The number of aliphatic imine (C=N–C) groups is 3. The average molecular weight is 306 g/mol. The lowest BCUT2D eigenvalue weighted by Gasteiger charge is -2.49. The molecular formula is C12H14N6O4. The Morgan fingerprint density at radius 2 is 2.23 bits per heavy atom. The van der Waals surface area contributed by atoms with E-state index in [-0.39, 0.29) is 11.7 Å². The number of hydrogen-bond donors (Lipinski definition) is 5. The lowest BCUT2D eigenvalue weighted by atomic mass is 9.75. The molecule has 0 saturated carbocycles. The second kappa shape index (κ2) is 3.86. The Morgan fingerprint density at radius 1 is 1.45 bits per heavy atom. The number of fused-ring (bicyclic) bond motifs is 2. The number of nitrogens with zero attached hydrogens (tertiary/aromatic N) is 4. The number of nitrogens with one attached hydrogen (secondary N) is 1. The van der Waals surface area contributed by atoms with E-state index in [0.717, 1.165) is 6.34 Å². The number of ether oxygens (including phenoxy) is 1. The molecule has 4 aliphatic rings. The van der Waals surface area contributed by atoms with Crippen molar-refractivity contribution in [2.75, 3.05) is 6.61 Å². The van der Waals surface area contributed by atoms with Crippen molar-refractivity contribution >= 4 is 24.3 Å². The van der Waals surface area contributed by atoms with Crippen molar-refractivity contribution in [3.63, 3.8) is 0 Å². The van der Waals surface area contributed by atoms with Crippen molar-refractivity contribution in [3.05, 3.63) is 12.2 Å². The molecule has 1 fully saturated rings. The third-order valence-corrected chi connectivity index (χ3v) is 4.48. The predicted molar refractivity (Wildman–Crippen MR) is 75.7 cm³/mol. The third-order valence-electron chi connectivity index (χ3n) is 4.48. The minimum atomic E-state index is -1.74. The molecule has 0 amide bonds. The summed E-state index contributed by atoms with van der Waals surface area (Å²) in [5.41, 5.74) is 1.28. The lowest BCUT2D eigenvalue weighted by Crippen LogP contribution is -2.71. The number of aliphatic hydroxyl groups is 3. The van der Waals surface area contributed by atoms with Crippen molar-refractivity contribution in [3.8, 4) is 0 Å². The van der Waals surface area contributed by atoms with Gasteiger partial charge in [-0.2, -0.15) is 0 Å². The molecule has 22 heavy (non-hydrogen) atoms. The molecule has 1 aliphatic carbocycles. The fourth-order valence-electron chi connectivity index (χ4n) is 3.14. The number of rotatable bonds is 2. The van der Waals surface area contributed by atoms with Crippen LogP contribution in [0.5, 0.6) is 0 Å². The highest BCUT2D eigenvalue weighted by Crippen LogP contribution is 2.51. The highest BCUT2D eigenvalue weighted by Gasteiger charge is 2.72. The molecule has 3 aliphatic heterocycles.